The summed E-state index contributed by atoms with van der Waals surface area (Å²) in [6, 6.07) is 0. The second kappa shape index (κ2) is 3.05. The summed E-state index contributed by atoms with van der Waals surface area (Å²) in [6.45, 7) is 0.447. The molecule has 78 valence electrons. The van der Waals surface area contributed by atoms with Crippen molar-refractivity contribution in [3.05, 3.63) is 22.3 Å². The van der Waals surface area contributed by atoms with E-state index in [1.54, 1.807) is 0 Å². The first-order valence-corrected chi connectivity index (χ1v) is 5.38. The van der Waals surface area contributed by atoms with Gasteiger partial charge in [-0.05, 0) is 30.4 Å². The van der Waals surface area contributed by atoms with Crippen molar-refractivity contribution in [2.24, 2.45) is 0 Å². The summed E-state index contributed by atoms with van der Waals surface area (Å²) in [5.74, 6) is 0.123. The van der Waals surface area contributed by atoms with Crippen LogP contribution in [-0.2, 0) is 14.3 Å². The lowest BCUT2D eigenvalue weighted by Crippen LogP contribution is -2.01. The van der Waals surface area contributed by atoms with Gasteiger partial charge in [0, 0.05) is 18.4 Å². The molecule has 0 aromatic carbocycles. The molecule has 3 aliphatic rings. The average Bonchev–Trinajstić information content (AvgIpc) is 2.68. The zero-order valence-corrected chi connectivity index (χ0v) is 8.47. The summed E-state index contributed by atoms with van der Waals surface area (Å²) in [5.41, 5.74) is 4.12. The fourth-order valence-electron chi connectivity index (χ4n) is 2.66. The van der Waals surface area contributed by atoms with Gasteiger partial charge in [0.25, 0.3) is 0 Å². The molecule has 0 fully saturated rings. The van der Waals surface area contributed by atoms with Crippen molar-refractivity contribution < 1.29 is 14.3 Å². The number of carbonyl (C=O) groups excluding carboxylic acids is 2. The normalized spacial score (nSPS) is 25.3. The molecule has 15 heavy (non-hydrogen) atoms. The smallest absolute Gasteiger partial charge is 0.334 e. The maximum absolute atomic E-state index is 11.6. The lowest BCUT2D eigenvalue weighted by atomic mass is 10.0. The number of carbonyl (C=O) groups is 2. The van der Waals surface area contributed by atoms with Crippen molar-refractivity contribution in [2.75, 3.05) is 6.61 Å². The van der Waals surface area contributed by atoms with Crippen LogP contribution in [0.25, 0.3) is 0 Å². The second-order valence-corrected chi connectivity index (χ2v) is 4.34. The molecule has 1 heterocycles. The van der Waals surface area contributed by atoms with E-state index in [0.717, 1.165) is 36.0 Å². The third-order valence-electron chi connectivity index (χ3n) is 3.53. The summed E-state index contributed by atoms with van der Waals surface area (Å²) >= 11 is 0. The first kappa shape index (κ1) is 8.89. The van der Waals surface area contributed by atoms with E-state index in [1.165, 1.54) is 5.57 Å². The Morgan fingerprint density at radius 1 is 0.867 bits per heavy atom. The Labute approximate surface area is 87.8 Å². The minimum absolute atomic E-state index is 0.168. The second-order valence-electron chi connectivity index (χ2n) is 4.34. The number of rotatable bonds is 0. The molecule has 0 saturated heterocycles. The van der Waals surface area contributed by atoms with Gasteiger partial charge in [-0.1, -0.05) is 5.57 Å². The van der Waals surface area contributed by atoms with E-state index >= 15 is 0 Å². The number of esters is 1. The number of hydrogen-bond donors (Lipinski definition) is 0. The molecule has 0 atom stereocenters. The molecule has 0 saturated carbocycles. The van der Waals surface area contributed by atoms with Gasteiger partial charge >= 0.3 is 5.97 Å². The Hall–Kier alpha value is -1.38. The molecular formula is C12H12O3. The van der Waals surface area contributed by atoms with Gasteiger partial charge in [0.2, 0.25) is 0 Å². The molecule has 0 aromatic heterocycles. The highest BCUT2D eigenvalue weighted by atomic mass is 16.5. The molecule has 1 aliphatic heterocycles. The Morgan fingerprint density at radius 2 is 1.67 bits per heavy atom. The lowest BCUT2D eigenvalue weighted by Gasteiger charge is -2.02. The van der Waals surface area contributed by atoms with Crippen LogP contribution >= 0.6 is 0 Å². The van der Waals surface area contributed by atoms with E-state index in [-0.39, 0.29) is 5.97 Å². The predicted octanol–water partition coefficient (Wildman–Crippen LogP) is 1.68. The van der Waals surface area contributed by atoms with Gasteiger partial charge in [-0.3, -0.25) is 4.79 Å². The minimum Gasteiger partial charge on any atom is -0.458 e. The predicted molar refractivity (Wildman–Crippen MR) is 53.1 cm³/mol. The molecule has 0 aromatic rings. The molecule has 0 bridgehead atoms. The fourth-order valence-corrected chi connectivity index (χ4v) is 2.66. The summed E-state index contributed by atoms with van der Waals surface area (Å²) in [7, 11) is 0. The van der Waals surface area contributed by atoms with Gasteiger partial charge in [-0.2, -0.15) is 0 Å². The molecule has 3 nitrogen and oxygen atoms in total. The molecule has 3 heteroatoms. The van der Waals surface area contributed by atoms with E-state index in [2.05, 4.69) is 0 Å². The maximum atomic E-state index is 11.6. The van der Waals surface area contributed by atoms with Crippen LogP contribution in [0.2, 0.25) is 0 Å². The highest BCUT2D eigenvalue weighted by molar-refractivity contribution is 6.00. The first-order valence-electron chi connectivity index (χ1n) is 5.38. The maximum Gasteiger partial charge on any atom is 0.334 e. The Kier molecular flexibility index (Phi) is 1.81. The quantitative estimate of drug-likeness (QED) is 0.564. The van der Waals surface area contributed by atoms with Crippen LogP contribution < -0.4 is 0 Å². The van der Waals surface area contributed by atoms with E-state index in [1.807, 2.05) is 0 Å². The number of ketones is 1. The Morgan fingerprint density at radius 3 is 2.53 bits per heavy atom. The van der Waals surface area contributed by atoms with E-state index in [9.17, 15) is 9.59 Å². The highest BCUT2D eigenvalue weighted by Crippen LogP contribution is 2.38. The molecule has 0 radical (unpaired) electrons. The number of Topliss-reactive ketones (excluding diaryl/α,β-unsaturated/α-hetero) is 1. The topological polar surface area (TPSA) is 43.4 Å². The third-order valence-corrected chi connectivity index (χ3v) is 3.53. The van der Waals surface area contributed by atoms with Gasteiger partial charge in [0.1, 0.15) is 6.61 Å². The van der Waals surface area contributed by atoms with Gasteiger partial charge in [0.15, 0.2) is 5.78 Å². The van der Waals surface area contributed by atoms with Crippen LogP contribution in [0.3, 0.4) is 0 Å². The lowest BCUT2D eigenvalue weighted by molar-refractivity contribution is -0.136. The minimum atomic E-state index is -0.168. The summed E-state index contributed by atoms with van der Waals surface area (Å²) < 4.78 is 5.01. The molecule has 0 amide bonds. The van der Waals surface area contributed by atoms with Crippen molar-refractivity contribution in [1.29, 1.82) is 0 Å². The number of ether oxygens (including phenoxy) is 1. The van der Waals surface area contributed by atoms with Gasteiger partial charge < -0.3 is 4.74 Å². The summed E-state index contributed by atoms with van der Waals surface area (Å²) in [6.07, 6.45) is 3.78. The third kappa shape index (κ3) is 1.26. The zero-order chi connectivity index (χ0) is 10.4. The van der Waals surface area contributed by atoms with Crippen molar-refractivity contribution in [3.8, 4) is 0 Å². The molecular weight excluding hydrogens is 192 g/mol. The van der Waals surface area contributed by atoms with Crippen LogP contribution in [0.5, 0.6) is 0 Å². The van der Waals surface area contributed by atoms with Gasteiger partial charge in [-0.15, -0.1) is 0 Å². The van der Waals surface area contributed by atoms with E-state index in [4.69, 9.17) is 4.74 Å². The first-order chi connectivity index (χ1) is 7.25. The van der Waals surface area contributed by atoms with Crippen molar-refractivity contribution in [2.45, 2.75) is 32.1 Å². The number of hydrogen-bond acceptors (Lipinski definition) is 3. The SMILES string of the molecule is O=C1CCC2=C1CCC1=C(C2)C(=O)OC1. The largest absolute Gasteiger partial charge is 0.458 e. The van der Waals surface area contributed by atoms with Crippen molar-refractivity contribution >= 4 is 11.8 Å². The Balaban J connectivity index is 1.97. The average molecular weight is 204 g/mol. The molecule has 0 unspecified atom stereocenters. The van der Waals surface area contributed by atoms with Crippen molar-refractivity contribution in [1.82, 2.24) is 0 Å². The molecule has 2 aliphatic carbocycles. The molecule has 0 N–H and O–H groups in total. The monoisotopic (exact) mass is 204 g/mol. The van der Waals surface area contributed by atoms with Crippen LogP contribution in [-0.4, -0.2) is 18.4 Å². The van der Waals surface area contributed by atoms with Crippen LogP contribution in [0.4, 0.5) is 0 Å². The van der Waals surface area contributed by atoms with E-state index in [0.29, 0.717) is 25.2 Å². The molecule has 3 rings (SSSR count). The summed E-state index contributed by atoms with van der Waals surface area (Å²) in [4.78, 5) is 23.0. The summed E-state index contributed by atoms with van der Waals surface area (Å²) in [5, 5.41) is 0. The van der Waals surface area contributed by atoms with Gasteiger partial charge in [-0.25, -0.2) is 4.79 Å². The van der Waals surface area contributed by atoms with Crippen LogP contribution in [0.15, 0.2) is 22.3 Å². The van der Waals surface area contributed by atoms with Crippen LogP contribution in [0, 0.1) is 0 Å². The van der Waals surface area contributed by atoms with E-state index < -0.39 is 0 Å². The molecule has 0 spiro atoms. The van der Waals surface area contributed by atoms with Crippen LogP contribution in [0.1, 0.15) is 32.1 Å². The Bertz CT molecular complexity index is 426. The fraction of sp³-hybridized carbons (Fsp3) is 0.500. The van der Waals surface area contributed by atoms with Gasteiger partial charge in [0.05, 0.1) is 0 Å². The standard InChI is InChI=1S/C12H12O3/c13-11-4-2-7-5-10-8(1-3-9(7)11)6-15-12(10)14/h1-6H2. The van der Waals surface area contributed by atoms with Crippen molar-refractivity contribution in [3.63, 3.8) is 0 Å². The number of allylic oxidation sites excluding steroid dienone is 2. The number of cyclic esters (lactones) is 1. The highest BCUT2D eigenvalue weighted by Gasteiger charge is 2.32. The zero-order valence-electron chi connectivity index (χ0n) is 8.47.